The predicted octanol–water partition coefficient (Wildman–Crippen LogP) is 2.09. The minimum absolute atomic E-state index is 0.463. The molecule has 7 heteroatoms. The van der Waals surface area contributed by atoms with E-state index >= 15 is 0 Å². The molecule has 0 aliphatic heterocycles. The molecule has 4 nitrogen and oxygen atoms in total. The molecule has 1 atom stereocenters. The van der Waals surface area contributed by atoms with Gasteiger partial charge in [-0.1, -0.05) is 19.3 Å². The number of carboxylic acids is 1. The van der Waals surface area contributed by atoms with Gasteiger partial charge in [0.2, 0.25) is 0 Å². The minimum atomic E-state index is -5.06. The molecule has 0 unspecified atom stereocenters. The molecule has 0 aromatic rings. The maximum atomic E-state index is 12.2. The molecular formula is C11H16F3NO3. The van der Waals surface area contributed by atoms with Crippen molar-refractivity contribution in [2.75, 3.05) is 0 Å². The molecule has 0 radical (unpaired) electrons. The van der Waals surface area contributed by atoms with Crippen LogP contribution < -0.4 is 5.32 Å². The van der Waals surface area contributed by atoms with E-state index in [-0.39, 0.29) is 0 Å². The second-order valence-electron chi connectivity index (χ2n) is 4.79. The lowest BCUT2D eigenvalue weighted by Crippen LogP contribution is -2.60. The number of hydrogen-bond acceptors (Lipinski definition) is 2. The second-order valence-corrected chi connectivity index (χ2v) is 4.79. The highest BCUT2D eigenvalue weighted by molar-refractivity contribution is 5.89. The summed E-state index contributed by atoms with van der Waals surface area (Å²) in [7, 11) is 0. The highest BCUT2D eigenvalue weighted by Gasteiger charge is 2.48. The largest absolute Gasteiger partial charge is 0.480 e. The molecule has 0 spiro atoms. The molecule has 0 saturated heterocycles. The van der Waals surface area contributed by atoms with Crippen LogP contribution in [-0.4, -0.2) is 28.7 Å². The quantitative estimate of drug-likeness (QED) is 0.822. The van der Waals surface area contributed by atoms with E-state index in [1.54, 1.807) is 5.32 Å². The van der Waals surface area contributed by atoms with Gasteiger partial charge in [0.1, 0.15) is 5.54 Å². The summed E-state index contributed by atoms with van der Waals surface area (Å²) in [5, 5.41) is 10.8. The number of halogens is 3. The highest BCUT2D eigenvalue weighted by Crippen LogP contribution is 2.33. The molecular weight excluding hydrogens is 251 g/mol. The summed E-state index contributed by atoms with van der Waals surface area (Å²) >= 11 is 0. The van der Waals surface area contributed by atoms with Gasteiger partial charge in [-0.25, -0.2) is 4.79 Å². The first kappa shape index (κ1) is 14.8. The molecule has 18 heavy (non-hydrogen) atoms. The maximum absolute atomic E-state index is 12.2. The molecule has 0 aromatic carbocycles. The lowest BCUT2D eigenvalue weighted by molar-refractivity contribution is -0.178. The Kier molecular flexibility index (Phi) is 4.24. The molecule has 0 bridgehead atoms. The van der Waals surface area contributed by atoms with Crippen molar-refractivity contribution >= 4 is 11.9 Å². The molecule has 0 heterocycles. The molecule has 0 aromatic heterocycles. The van der Waals surface area contributed by atoms with Crippen molar-refractivity contribution in [1.82, 2.24) is 5.32 Å². The Morgan fingerprint density at radius 3 is 2.06 bits per heavy atom. The number of hydrogen-bond donors (Lipinski definition) is 2. The first-order chi connectivity index (χ1) is 8.18. The van der Waals surface area contributed by atoms with Gasteiger partial charge in [0, 0.05) is 0 Å². The first-order valence-corrected chi connectivity index (χ1v) is 5.80. The number of aliphatic carboxylic acids is 1. The Balaban J connectivity index is 2.86. The topological polar surface area (TPSA) is 66.4 Å². The summed E-state index contributed by atoms with van der Waals surface area (Å²) in [5.41, 5.74) is -1.85. The Labute approximate surface area is 103 Å². The molecule has 1 fully saturated rings. The van der Waals surface area contributed by atoms with Crippen LogP contribution in [-0.2, 0) is 9.59 Å². The van der Waals surface area contributed by atoms with Gasteiger partial charge in [0.25, 0.3) is 0 Å². The minimum Gasteiger partial charge on any atom is -0.480 e. The van der Waals surface area contributed by atoms with Crippen molar-refractivity contribution in [1.29, 1.82) is 0 Å². The van der Waals surface area contributed by atoms with Gasteiger partial charge >= 0.3 is 18.1 Å². The van der Waals surface area contributed by atoms with Crippen LogP contribution in [0.1, 0.15) is 39.0 Å². The molecule has 104 valence electrons. The van der Waals surface area contributed by atoms with E-state index in [1.807, 2.05) is 0 Å². The molecule has 1 aliphatic carbocycles. The normalized spacial score (nSPS) is 21.1. The van der Waals surface area contributed by atoms with Crippen LogP contribution in [0.5, 0.6) is 0 Å². The van der Waals surface area contributed by atoms with Gasteiger partial charge in [-0.15, -0.1) is 0 Å². The van der Waals surface area contributed by atoms with E-state index in [0.717, 1.165) is 26.2 Å². The van der Waals surface area contributed by atoms with Crippen LogP contribution in [0.4, 0.5) is 13.2 Å². The average molecular weight is 267 g/mol. The van der Waals surface area contributed by atoms with Crippen molar-refractivity contribution < 1.29 is 27.9 Å². The van der Waals surface area contributed by atoms with Crippen molar-refractivity contribution in [2.45, 2.75) is 50.7 Å². The number of carbonyl (C=O) groups excluding carboxylic acids is 1. The molecule has 2 N–H and O–H groups in total. The highest BCUT2D eigenvalue weighted by atomic mass is 19.4. The fraction of sp³-hybridized carbons (Fsp3) is 0.818. The van der Waals surface area contributed by atoms with Gasteiger partial charge in [-0.05, 0) is 25.7 Å². The fourth-order valence-electron chi connectivity index (χ4n) is 2.32. The zero-order chi connectivity index (χ0) is 14.0. The average Bonchev–Trinajstić information content (AvgIpc) is 2.28. The van der Waals surface area contributed by atoms with Crippen LogP contribution in [0, 0.1) is 5.92 Å². The van der Waals surface area contributed by atoms with Crippen molar-refractivity contribution in [3.63, 3.8) is 0 Å². The van der Waals surface area contributed by atoms with E-state index in [9.17, 15) is 22.8 Å². The number of carbonyl (C=O) groups is 2. The Morgan fingerprint density at radius 1 is 1.17 bits per heavy atom. The SMILES string of the molecule is C[C@@](NC(=O)C(F)(F)F)(C(=O)O)C1CCCCC1. The lowest BCUT2D eigenvalue weighted by Gasteiger charge is -2.37. The summed E-state index contributed by atoms with van der Waals surface area (Å²) in [4.78, 5) is 22.1. The van der Waals surface area contributed by atoms with Gasteiger partial charge in [0.05, 0.1) is 0 Å². The molecule has 1 saturated carbocycles. The molecule has 1 rings (SSSR count). The van der Waals surface area contributed by atoms with E-state index in [0.29, 0.717) is 12.8 Å². The summed E-state index contributed by atoms with van der Waals surface area (Å²) < 4.78 is 36.6. The van der Waals surface area contributed by atoms with Crippen LogP contribution >= 0.6 is 0 Å². The van der Waals surface area contributed by atoms with E-state index in [4.69, 9.17) is 5.11 Å². The van der Waals surface area contributed by atoms with Gasteiger partial charge in [-0.3, -0.25) is 4.79 Å². The zero-order valence-electron chi connectivity index (χ0n) is 10.0. The smallest absolute Gasteiger partial charge is 0.471 e. The van der Waals surface area contributed by atoms with Crippen molar-refractivity contribution in [2.24, 2.45) is 5.92 Å². The molecule has 1 aliphatic rings. The van der Waals surface area contributed by atoms with Crippen molar-refractivity contribution in [3.05, 3.63) is 0 Å². The lowest BCUT2D eigenvalue weighted by atomic mass is 9.75. The Bertz CT molecular complexity index is 337. The summed E-state index contributed by atoms with van der Waals surface area (Å²) in [6.07, 6.45) is -1.54. The predicted molar refractivity (Wildman–Crippen MR) is 56.8 cm³/mol. The van der Waals surface area contributed by atoms with Crippen LogP contribution in [0.3, 0.4) is 0 Å². The second kappa shape index (κ2) is 5.16. The van der Waals surface area contributed by atoms with Crippen LogP contribution in [0.25, 0.3) is 0 Å². The number of nitrogens with one attached hydrogen (secondary N) is 1. The van der Waals surface area contributed by atoms with Gasteiger partial charge in [0.15, 0.2) is 0 Å². The Hall–Kier alpha value is -1.27. The number of rotatable bonds is 3. The number of amides is 1. The van der Waals surface area contributed by atoms with E-state index < -0.39 is 29.5 Å². The van der Waals surface area contributed by atoms with Crippen LogP contribution in [0.15, 0.2) is 0 Å². The number of carboxylic acid groups (broad SMARTS) is 1. The monoisotopic (exact) mass is 267 g/mol. The fourth-order valence-corrected chi connectivity index (χ4v) is 2.32. The first-order valence-electron chi connectivity index (χ1n) is 5.80. The standard InChI is InChI=1S/C11H16F3NO3/c1-10(9(17)18,7-5-3-2-4-6-7)15-8(16)11(12,13)14/h7H,2-6H2,1H3,(H,15,16)(H,17,18)/t10-/m0/s1. The number of alkyl halides is 3. The third-order valence-electron chi connectivity index (χ3n) is 3.50. The van der Waals surface area contributed by atoms with E-state index in [2.05, 4.69) is 0 Å². The van der Waals surface area contributed by atoms with Gasteiger partial charge < -0.3 is 10.4 Å². The summed E-state index contributed by atoms with van der Waals surface area (Å²) in [6, 6.07) is 0. The Morgan fingerprint density at radius 2 is 1.67 bits per heavy atom. The van der Waals surface area contributed by atoms with Gasteiger partial charge in [-0.2, -0.15) is 13.2 Å². The third-order valence-corrected chi connectivity index (χ3v) is 3.50. The summed E-state index contributed by atoms with van der Waals surface area (Å²) in [5.74, 6) is -4.08. The van der Waals surface area contributed by atoms with E-state index in [1.165, 1.54) is 0 Å². The zero-order valence-corrected chi connectivity index (χ0v) is 10.0. The maximum Gasteiger partial charge on any atom is 0.471 e. The molecule has 1 amide bonds. The summed E-state index contributed by atoms with van der Waals surface area (Å²) in [6.45, 7) is 1.15. The third kappa shape index (κ3) is 3.14. The van der Waals surface area contributed by atoms with Crippen molar-refractivity contribution in [3.8, 4) is 0 Å². The van der Waals surface area contributed by atoms with Crippen LogP contribution in [0.2, 0.25) is 0 Å².